The summed E-state index contributed by atoms with van der Waals surface area (Å²) in [6.07, 6.45) is 0. The lowest BCUT2D eigenvalue weighted by Gasteiger charge is -2.26. The highest BCUT2D eigenvalue weighted by Gasteiger charge is 2.13. The van der Waals surface area contributed by atoms with Crippen molar-refractivity contribution in [2.45, 2.75) is 33.0 Å². The number of pyridine rings is 2. The first-order chi connectivity index (χ1) is 12.7. The van der Waals surface area contributed by atoms with Crippen molar-refractivity contribution in [2.24, 2.45) is 0 Å². The molecule has 4 rings (SSSR count). The maximum absolute atomic E-state index is 4.83. The lowest BCUT2D eigenvalue weighted by Crippen LogP contribution is -2.30. The summed E-state index contributed by atoms with van der Waals surface area (Å²) in [7, 11) is 0. The Hall–Kier alpha value is -2.78. The van der Waals surface area contributed by atoms with Gasteiger partial charge in [-0.3, -0.25) is 14.9 Å². The molecule has 0 saturated carbocycles. The highest BCUT2D eigenvalue weighted by molar-refractivity contribution is 5.79. The van der Waals surface area contributed by atoms with Crippen LogP contribution in [0, 0.1) is 0 Å². The topological polar surface area (TPSA) is 29.0 Å². The van der Waals surface area contributed by atoms with E-state index in [-0.39, 0.29) is 0 Å². The molecule has 0 atom stereocenters. The standard InChI is InChI=1S/C23H23N3/c1-17(2)26(15-20-13-11-18-7-3-5-9-22(18)24-20)16-21-14-12-19-8-4-6-10-23(19)25-21/h3-14,17H,15-16H2,1-2H3. The average molecular weight is 341 g/mol. The van der Waals surface area contributed by atoms with E-state index in [2.05, 4.69) is 79.4 Å². The molecule has 0 fully saturated rings. The predicted molar refractivity (Wildman–Crippen MR) is 108 cm³/mol. The van der Waals surface area contributed by atoms with Crippen LogP contribution in [0.15, 0.2) is 72.8 Å². The van der Waals surface area contributed by atoms with E-state index >= 15 is 0 Å². The Labute approximate surface area is 154 Å². The fourth-order valence-corrected chi connectivity index (χ4v) is 3.23. The van der Waals surface area contributed by atoms with Crippen molar-refractivity contribution in [1.82, 2.24) is 14.9 Å². The maximum atomic E-state index is 4.83. The summed E-state index contributed by atoms with van der Waals surface area (Å²) in [5.41, 5.74) is 4.30. The number of rotatable bonds is 5. The molecule has 0 saturated heterocycles. The third-order valence-corrected chi connectivity index (χ3v) is 4.77. The van der Waals surface area contributed by atoms with E-state index in [0.29, 0.717) is 6.04 Å². The Kier molecular flexibility index (Phi) is 4.63. The molecule has 0 aliphatic carbocycles. The van der Waals surface area contributed by atoms with Gasteiger partial charge in [0, 0.05) is 29.9 Å². The highest BCUT2D eigenvalue weighted by atomic mass is 15.2. The zero-order chi connectivity index (χ0) is 17.9. The molecule has 0 spiro atoms. The molecule has 0 unspecified atom stereocenters. The monoisotopic (exact) mass is 341 g/mol. The maximum Gasteiger partial charge on any atom is 0.0705 e. The lowest BCUT2D eigenvalue weighted by atomic mass is 10.1. The van der Waals surface area contributed by atoms with Gasteiger partial charge in [-0.2, -0.15) is 0 Å². The van der Waals surface area contributed by atoms with Crippen LogP contribution in [0.2, 0.25) is 0 Å². The summed E-state index contributed by atoms with van der Waals surface area (Å²) >= 11 is 0. The van der Waals surface area contributed by atoms with E-state index in [1.165, 1.54) is 10.8 Å². The normalized spacial score (nSPS) is 11.7. The molecular formula is C23H23N3. The van der Waals surface area contributed by atoms with Crippen LogP contribution in [0.4, 0.5) is 0 Å². The number of fused-ring (bicyclic) bond motifs is 2. The van der Waals surface area contributed by atoms with Crippen molar-refractivity contribution >= 4 is 21.8 Å². The van der Waals surface area contributed by atoms with Gasteiger partial charge in [0.25, 0.3) is 0 Å². The molecule has 2 aromatic heterocycles. The molecule has 3 heteroatoms. The Morgan fingerprint density at radius 1 is 0.654 bits per heavy atom. The van der Waals surface area contributed by atoms with Gasteiger partial charge >= 0.3 is 0 Å². The fraction of sp³-hybridized carbons (Fsp3) is 0.217. The molecule has 2 heterocycles. The predicted octanol–water partition coefficient (Wildman–Crippen LogP) is 5.19. The summed E-state index contributed by atoms with van der Waals surface area (Å²) in [6, 6.07) is 25.5. The zero-order valence-electron chi connectivity index (χ0n) is 15.3. The van der Waals surface area contributed by atoms with Crippen molar-refractivity contribution < 1.29 is 0 Å². The van der Waals surface area contributed by atoms with Gasteiger partial charge in [-0.1, -0.05) is 48.5 Å². The Morgan fingerprint density at radius 3 is 1.58 bits per heavy atom. The van der Waals surface area contributed by atoms with Crippen LogP contribution in [-0.2, 0) is 13.1 Å². The van der Waals surface area contributed by atoms with Crippen LogP contribution in [0.5, 0.6) is 0 Å². The number of aromatic nitrogens is 2. The lowest BCUT2D eigenvalue weighted by molar-refractivity contribution is 0.199. The van der Waals surface area contributed by atoms with E-state index in [1.54, 1.807) is 0 Å². The molecule has 0 amide bonds. The molecule has 26 heavy (non-hydrogen) atoms. The van der Waals surface area contributed by atoms with Crippen LogP contribution >= 0.6 is 0 Å². The number of para-hydroxylation sites is 2. The van der Waals surface area contributed by atoms with Gasteiger partial charge in [-0.15, -0.1) is 0 Å². The minimum atomic E-state index is 0.413. The summed E-state index contributed by atoms with van der Waals surface area (Å²) in [4.78, 5) is 12.1. The van der Waals surface area contributed by atoms with E-state index < -0.39 is 0 Å². The van der Waals surface area contributed by atoms with Crippen LogP contribution in [0.25, 0.3) is 21.8 Å². The van der Waals surface area contributed by atoms with Gasteiger partial charge in [0.15, 0.2) is 0 Å². The summed E-state index contributed by atoms with van der Waals surface area (Å²) in [6.45, 7) is 6.08. The third kappa shape index (κ3) is 3.58. The number of hydrogen-bond donors (Lipinski definition) is 0. The van der Waals surface area contributed by atoms with E-state index in [4.69, 9.17) is 9.97 Å². The molecule has 2 aromatic carbocycles. The summed E-state index contributed by atoms with van der Waals surface area (Å²) < 4.78 is 0. The van der Waals surface area contributed by atoms with E-state index in [9.17, 15) is 0 Å². The van der Waals surface area contributed by atoms with E-state index in [0.717, 1.165) is 35.5 Å². The molecular weight excluding hydrogens is 318 g/mol. The molecule has 130 valence electrons. The first-order valence-electron chi connectivity index (χ1n) is 9.12. The molecule has 4 aromatic rings. The minimum Gasteiger partial charge on any atom is -0.289 e. The highest BCUT2D eigenvalue weighted by Crippen LogP contribution is 2.17. The summed E-state index contributed by atoms with van der Waals surface area (Å²) in [5.74, 6) is 0. The SMILES string of the molecule is CC(C)N(Cc1ccc2ccccc2n1)Cc1ccc2ccccc2n1. The molecule has 0 bridgehead atoms. The molecule has 0 radical (unpaired) electrons. The van der Waals surface area contributed by atoms with Gasteiger partial charge in [0.1, 0.15) is 0 Å². The van der Waals surface area contributed by atoms with Crippen LogP contribution in [0.1, 0.15) is 25.2 Å². The van der Waals surface area contributed by atoms with Gasteiger partial charge < -0.3 is 0 Å². The minimum absolute atomic E-state index is 0.413. The summed E-state index contributed by atoms with van der Waals surface area (Å²) in [5, 5.41) is 2.37. The van der Waals surface area contributed by atoms with Gasteiger partial charge in [0.05, 0.1) is 22.4 Å². The van der Waals surface area contributed by atoms with Gasteiger partial charge in [0.2, 0.25) is 0 Å². The second-order valence-corrected chi connectivity index (χ2v) is 6.99. The van der Waals surface area contributed by atoms with Gasteiger partial charge in [-0.25, -0.2) is 0 Å². The van der Waals surface area contributed by atoms with E-state index in [1.807, 2.05) is 12.1 Å². The zero-order valence-corrected chi connectivity index (χ0v) is 15.3. The fourth-order valence-electron chi connectivity index (χ4n) is 3.23. The van der Waals surface area contributed by atoms with Crippen LogP contribution < -0.4 is 0 Å². The second kappa shape index (κ2) is 7.22. The smallest absolute Gasteiger partial charge is 0.0705 e. The van der Waals surface area contributed by atoms with Gasteiger partial charge in [-0.05, 0) is 38.1 Å². The van der Waals surface area contributed by atoms with Crippen LogP contribution in [-0.4, -0.2) is 20.9 Å². The molecule has 3 nitrogen and oxygen atoms in total. The molecule has 0 N–H and O–H groups in total. The number of nitrogens with zero attached hydrogens (tertiary/aromatic N) is 3. The van der Waals surface area contributed by atoms with Crippen molar-refractivity contribution in [1.29, 1.82) is 0 Å². The Balaban J connectivity index is 1.57. The first kappa shape index (κ1) is 16.7. The first-order valence-corrected chi connectivity index (χ1v) is 9.12. The van der Waals surface area contributed by atoms with Crippen molar-refractivity contribution in [3.8, 4) is 0 Å². The van der Waals surface area contributed by atoms with Crippen molar-refractivity contribution in [3.05, 3.63) is 84.2 Å². The molecule has 0 aliphatic heterocycles. The van der Waals surface area contributed by atoms with Crippen LogP contribution in [0.3, 0.4) is 0 Å². The third-order valence-electron chi connectivity index (χ3n) is 4.77. The largest absolute Gasteiger partial charge is 0.289 e. The second-order valence-electron chi connectivity index (χ2n) is 6.99. The molecule has 0 aliphatic rings. The Bertz CT molecular complexity index is 958. The van der Waals surface area contributed by atoms with Crippen molar-refractivity contribution in [3.63, 3.8) is 0 Å². The van der Waals surface area contributed by atoms with Crippen molar-refractivity contribution in [2.75, 3.05) is 0 Å². The number of hydrogen-bond acceptors (Lipinski definition) is 3. The Morgan fingerprint density at radius 2 is 1.12 bits per heavy atom. The quantitative estimate of drug-likeness (QED) is 0.500. The average Bonchev–Trinajstić information content (AvgIpc) is 2.67. The number of benzene rings is 2.